The maximum Gasteiger partial charge on any atom is 0.153 e. The highest BCUT2D eigenvalue weighted by Gasteiger charge is 2.04. The molecular formula is C13H9BrClNO2. The molecule has 0 aliphatic carbocycles. The summed E-state index contributed by atoms with van der Waals surface area (Å²) in [5.74, 6) is 0.499. The molecule has 2 aromatic rings. The molecule has 0 unspecified atom stereocenters. The second-order valence-corrected chi connectivity index (χ2v) is 4.91. The summed E-state index contributed by atoms with van der Waals surface area (Å²) in [5.41, 5.74) is 1.21. The minimum atomic E-state index is 0.301. The summed E-state index contributed by atoms with van der Waals surface area (Å²) in [6, 6.07) is 8.65. The van der Waals surface area contributed by atoms with Gasteiger partial charge in [-0.1, -0.05) is 11.6 Å². The Labute approximate surface area is 118 Å². The van der Waals surface area contributed by atoms with Crippen molar-refractivity contribution >= 4 is 33.8 Å². The third-order valence-electron chi connectivity index (χ3n) is 2.26. The maximum atomic E-state index is 10.9. The number of carbonyl (C=O) groups is 1. The Morgan fingerprint density at radius 3 is 2.83 bits per heavy atom. The topological polar surface area (TPSA) is 39.2 Å². The lowest BCUT2D eigenvalue weighted by Gasteiger charge is -2.08. The van der Waals surface area contributed by atoms with E-state index in [9.17, 15) is 4.79 Å². The number of aromatic nitrogens is 1. The van der Waals surface area contributed by atoms with E-state index in [0.717, 1.165) is 16.5 Å². The molecule has 5 heteroatoms. The zero-order chi connectivity index (χ0) is 13.0. The van der Waals surface area contributed by atoms with Crippen molar-refractivity contribution in [2.45, 2.75) is 6.61 Å². The summed E-state index contributed by atoms with van der Waals surface area (Å²) in [6.45, 7) is 0.301. The van der Waals surface area contributed by atoms with Crippen LogP contribution >= 0.6 is 27.5 Å². The summed E-state index contributed by atoms with van der Waals surface area (Å²) >= 11 is 9.11. The Hall–Kier alpha value is -1.39. The standard InChI is InChI=1S/C13H9BrClNO2/c14-10-1-3-12(16-6-10)8-18-13-4-2-11(15)5-9(13)7-17/h1-7H,8H2. The van der Waals surface area contributed by atoms with Crippen LogP contribution in [0.25, 0.3) is 0 Å². The monoisotopic (exact) mass is 325 g/mol. The van der Waals surface area contributed by atoms with Crippen molar-refractivity contribution in [3.63, 3.8) is 0 Å². The van der Waals surface area contributed by atoms with Gasteiger partial charge in [-0.2, -0.15) is 0 Å². The Kier molecular flexibility index (Phi) is 4.33. The molecule has 0 bridgehead atoms. The molecule has 0 N–H and O–H groups in total. The van der Waals surface area contributed by atoms with Crippen molar-refractivity contribution in [1.82, 2.24) is 4.98 Å². The predicted octanol–water partition coefficient (Wildman–Crippen LogP) is 3.89. The van der Waals surface area contributed by atoms with Crippen LogP contribution in [-0.4, -0.2) is 11.3 Å². The van der Waals surface area contributed by atoms with Gasteiger partial charge in [-0.3, -0.25) is 9.78 Å². The average molecular weight is 327 g/mol. The smallest absolute Gasteiger partial charge is 0.153 e. The van der Waals surface area contributed by atoms with Gasteiger partial charge in [0.05, 0.1) is 11.3 Å². The number of nitrogens with zero attached hydrogens (tertiary/aromatic N) is 1. The lowest BCUT2D eigenvalue weighted by molar-refractivity contribution is 0.111. The van der Waals surface area contributed by atoms with E-state index >= 15 is 0 Å². The molecule has 0 aliphatic rings. The van der Waals surface area contributed by atoms with E-state index in [1.807, 2.05) is 12.1 Å². The van der Waals surface area contributed by atoms with Crippen molar-refractivity contribution in [2.24, 2.45) is 0 Å². The van der Waals surface area contributed by atoms with Gasteiger partial charge in [0.15, 0.2) is 6.29 Å². The highest BCUT2D eigenvalue weighted by atomic mass is 79.9. The Morgan fingerprint density at radius 2 is 2.17 bits per heavy atom. The molecule has 3 nitrogen and oxygen atoms in total. The van der Waals surface area contributed by atoms with E-state index in [2.05, 4.69) is 20.9 Å². The van der Waals surface area contributed by atoms with Gasteiger partial charge in [0, 0.05) is 15.7 Å². The highest BCUT2D eigenvalue weighted by Crippen LogP contribution is 2.22. The Balaban J connectivity index is 2.10. The number of benzene rings is 1. The average Bonchev–Trinajstić information content (AvgIpc) is 2.39. The molecule has 1 aromatic heterocycles. The Bertz CT molecular complexity index is 557. The first kappa shape index (κ1) is 13.1. The van der Waals surface area contributed by atoms with Crippen LogP contribution in [0.3, 0.4) is 0 Å². The van der Waals surface area contributed by atoms with Gasteiger partial charge in [0.2, 0.25) is 0 Å². The van der Waals surface area contributed by atoms with E-state index in [1.54, 1.807) is 24.4 Å². The summed E-state index contributed by atoms with van der Waals surface area (Å²) in [5, 5.41) is 0.506. The molecule has 0 aliphatic heterocycles. The predicted molar refractivity (Wildman–Crippen MR) is 73.1 cm³/mol. The van der Waals surface area contributed by atoms with Crippen molar-refractivity contribution in [2.75, 3.05) is 0 Å². The molecule has 0 saturated carbocycles. The van der Waals surface area contributed by atoms with Gasteiger partial charge in [-0.25, -0.2) is 0 Å². The normalized spacial score (nSPS) is 10.1. The van der Waals surface area contributed by atoms with Crippen molar-refractivity contribution < 1.29 is 9.53 Å². The number of aldehydes is 1. The zero-order valence-electron chi connectivity index (χ0n) is 9.27. The van der Waals surface area contributed by atoms with Crippen LogP contribution in [-0.2, 0) is 6.61 Å². The molecule has 92 valence electrons. The van der Waals surface area contributed by atoms with Crippen LogP contribution in [0.5, 0.6) is 5.75 Å². The molecular weight excluding hydrogens is 318 g/mol. The number of carbonyl (C=O) groups excluding carboxylic acids is 1. The number of hydrogen-bond donors (Lipinski definition) is 0. The first-order valence-corrected chi connectivity index (χ1v) is 6.34. The van der Waals surface area contributed by atoms with Gasteiger partial charge in [-0.15, -0.1) is 0 Å². The van der Waals surface area contributed by atoms with Crippen molar-refractivity contribution in [1.29, 1.82) is 0 Å². The lowest BCUT2D eigenvalue weighted by Crippen LogP contribution is -2.00. The number of ether oxygens (including phenoxy) is 1. The van der Waals surface area contributed by atoms with Gasteiger partial charge < -0.3 is 4.74 Å². The van der Waals surface area contributed by atoms with Gasteiger partial charge in [0.25, 0.3) is 0 Å². The molecule has 18 heavy (non-hydrogen) atoms. The van der Waals surface area contributed by atoms with Crippen molar-refractivity contribution in [3.8, 4) is 5.75 Å². The van der Waals surface area contributed by atoms with Gasteiger partial charge in [0.1, 0.15) is 12.4 Å². The Morgan fingerprint density at radius 1 is 1.33 bits per heavy atom. The van der Waals surface area contributed by atoms with E-state index < -0.39 is 0 Å². The fourth-order valence-electron chi connectivity index (χ4n) is 1.39. The van der Waals surface area contributed by atoms with Crippen LogP contribution in [0.15, 0.2) is 41.0 Å². The number of rotatable bonds is 4. The molecule has 0 radical (unpaired) electrons. The van der Waals surface area contributed by atoms with E-state index in [0.29, 0.717) is 22.9 Å². The first-order valence-electron chi connectivity index (χ1n) is 5.17. The number of pyridine rings is 1. The van der Waals surface area contributed by atoms with Crippen LogP contribution < -0.4 is 4.74 Å². The molecule has 1 aromatic carbocycles. The largest absolute Gasteiger partial charge is 0.487 e. The molecule has 0 spiro atoms. The zero-order valence-corrected chi connectivity index (χ0v) is 11.6. The lowest BCUT2D eigenvalue weighted by atomic mass is 10.2. The fourth-order valence-corrected chi connectivity index (χ4v) is 1.80. The minimum absolute atomic E-state index is 0.301. The van der Waals surface area contributed by atoms with Crippen LogP contribution in [0.2, 0.25) is 5.02 Å². The maximum absolute atomic E-state index is 10.9. The second-order valence-electron chi connectivity index (χ2n) is 3.56. The second kappa shape index (κ2) is 5.98. The highest BCUT2D eigenvalue weighted by molar-refractivity contribution is 9.10. The van der Waals surface area contributed by atoms with Crippen LogP contribution in [0.4, 0.5) is 0 Å². The quantitative estimate of drug-likeness (QED) is 0.800. The summed E-state index contributed by atoms with van der Waals surface area (Å²) in [4.78, 5) is 15.1. The van der Waals surface area contributed by atoms with Gasteiger partial charge in [-0.05, 0) is 46.3 Å². The minimum Gasteiger partial charge on any atom is -0.487 e. The number of hydrogen-bond acceptors (Lipinski definition) is 3. The molecule has 0 atom stereocenters. The molecule has 0 saturated heterocycles. The van der Waals surface area contributed by atoms with E-state index in [-0.39, 0.29) is 0 Å². The summed E-state index contributed by atoms with van der Waals surface area (Å²) in [6.07, 6.45) is 2.41. The van der Waals surface area contributed by atoms with Crippen LogP contribution in [0, 0.1) is 0 Å². The molecule has 2 rings (SSSR count). The summed E-state index contributed by atoms with van der Waals surface area (Å²) in [7, 11) is 0. The molecule has 0 amide bonds. The number of halogens is 2. The SMILES string of the molecule is O=Cc1cc(Cl)ccc1OCc1ccc(Br)cn1. The van der Waals surface area contributed by atoms with Crippen LogP contribution in [0.1, 0.15) is 16.1 Å². The molecule has 1 heterocycles. The third kappa shape index (κ3) is 3.31. The van der Waals surface area contributed by atoms with E-state index in [4.69, 9.17) is 16.3 Å². The van der Waals surface area contributed by atoms with Crippen molar-refractivity contribution in [3.05, 3.63) is 57.3 Å². The fraction of sp³-hybridized carbons (Fsp3) is 0.0769. The third-order valence-corrected chi connectivity index (χ3v) is 2.97. The van der Waals surface area contributed by atoms with E-state index in [1.165, 1.54) is 0 Å². The summed E-state index contributed by atoms with van der Waals surface area (Å²) < 4.78 is 6.45. The molecule has 0 fully saturated rings. The van der Waals surface area contributed by atoms with Gasteiger partial charge >= 0.3 is 0 Å². The first-order chi connectivity index (χ1) is 8.69.